The standard InChI is InChI=1S/C32H65O2P/c1-6-10-14-18-22-26-31(25-21-17-13-9-4)29-30-35(5,33)34-32(27-23-19-15-11-7-2)28-24-20-16-12-8-3/h29-32H,6-28H2,1-5H3/b30-29+. The van der Waals surface area contributed by atoms with Gasteiger partial charge in [-0.05, 0) is 37.4 Å². The predicted octanol–water partition coefficient (Wildman–Crippen LogP) is 12.5. The van der Waals surface area contributed by atoms with E-state index in [0.29, 0.717) is 5.92 Å². The lowest BCUT2D eigenvalue weighted by molar-refractivity contribution is 0.180. The van der Waals surface area contributed by atoms with Crippen LogP contribution in [0.25, 0.3) is 0 Å². The molecule has 0 aliphatic rings. The van der Waals surface area contributed by atoms with Crippen LogP contribution in [-0.2, 0) is 9.09 Å². The van der Waals surface area contributed by atoms with Crippen molar-refractivity contribution in [3.05, 3.63) is 11.9 Å². The summed E-state index contributed by atoms with van der Waals surface area (Å²) in [4.78, 5) is 0. The van der Waals surface area contributed by atoms with Crippen LogP contribution in [0.1, 0.15) is 175 Å². The summed E-state index contributed by atoms with van der Waals surface area (Å²) in [6.45, 7) is 11.0. The van der Waals surface area contributed by atoms with Gasteiger partial charge in [-0.2, -0.15) is 0 Å². The van der Waals surface area contributed by atoms with Gasteiger partial charge in [0.05, 0.1) is 6.10 Å². The van der Waals surface area contributed by atoms with Crippen LogP contribution in [0.3, 0.4) is 0 Å². The lowest BCUT2D eigenvalue weighted by Crippen LogP contribution is -2.11. The van der Waals surface area contributed by atoms with Crippen LogP contribution >= 0.6 is 7.37 Å². The van der Waals surface area contributed by atoms with E-state index < -0.39 is 7.37 Å². The van der Waals surface area contributed by atoms with Crippen molar-refractivity contribution in [1.82, 2.24) is 0 Å². The van der Waals surface area contributed by atoms with Crippen molar-refractivity contribution in [2.45, 2.75) is 181 Å². The van der Waals surface area contributed by atoms with Crippen LogP contribution in [0, 0.1) is 5.92 Å². The molecule has 0 aromatic carbocycles. The van der Waals surface area contributed by atoms with Gasteiger partial charge in [-0.25, -0.2) is 0 Å². The molecule has 0 N–H and O–H groups in total. The minimum absolute atomic E-state index is 0.163. The van der Waals surface area contributed by atoms with E-state index in [1.807, 2.05) is 12.5 Å². The average Bonchev–Trinajstić information content (AvgIpc) is 2.83. The number of hydrogen-bond acceptors (Lipinski definition) is 2. The van der Waals surface area contributed by atoms with Crippen molar-refractivity contribution in [2.75, 3.05) is 6.66 Å². The van der Waals surface area contributed by atoms with E-state index in [4.69, 9.17) is 4.52 Å². The molecule has 3 heteroatoms. The number of unbranched alkanes of at least 4 members (excludes halogenated alkanes) is 15. The first-order chi connectivity index (χ1) is 17.0. The van der Waals surface area contributed by atoms with E-state index in [0.717, 1.165) is 12.8 Å². The molecule has 0 rings (SSSR count). The molecule has 2 unspecified atom stereocenters. The lowest BCUT2D eigenvalue weighted by Gasteiger charge is -2.22. The van der Waals surface area contributed by atoms with Crippen molar-refractivity contribution in [1.29, 1.82) is 0 Å². The second-order valence-electron chi connectivity index (χ2n) is 11.2. The zero-order valence-corrected chi connectivity index (χ0v) is 25.7. The van der Waals surface area contributed by atoms with Crippen LogP contribution in [0.15, 0.2) is 11.9 Å². The molecule has 0 fully saturated rings. The van der Waals surface area contributed by atoms with E-state index in [1.54, 1.807) is 0 Å². The molecule has 0 spiro atoms. The largest absolute Gasteiger partial charge is 0.323 e. The Labute approximate surface area is 222 Å². The maximum atomic E-state index is 13.5. The maximum Gasteiger partial charge on any atom is 0.222 e. The minimum atomic E-state index is -2.70. The van der Waals surface area contributed by atoms with Crippen molar-refractivity contribution < 1.29 is 9.09 Å². The SMILES string of the molecule is CCCCCCCC(/C=C/P(C)(=O)OC(CCCCCCC)CCCCCCC)CCCCCC. The number of hydrogen-bond donors (Lipinski definition) is 0. The highest BCUT2D eigenvalue weighted by Gasteiger charge is 2.20. The Bertz CT molecular complexity index is 488. The molecule has 210 valence electrons. The summed E-state index contributed by atoms with van der Waals surface area (Å²) in [6.07, 6.45) is 31.8. The number of allylic oxidation sites excluding steroid dienone is 1. The molecule has 0 saturated heterocycles. The normalized spacial score (nSPS) is 14.7. The fourth-order valence-electron chi connectivity index (χ4n) is 4.99. The zero-order chi connectivity index (χ0) is 26.0. The summed E-state index contributed by atoms with van der Waals surface area (Å²) in [5, 5.41) is 0. The van der Waals surface area contributed by atoms with Crippen molar-refractivity contribution >= 4 is 7.37 Å². The molecule has 0 aliphatic carbocycles. The molecule has 35 heavy (non-hydrogen) atoms. The van der Waals surface area contributed by atoms with Crippen molar-refractivity contribution in [3.63, 3.8) is 0 Å². The Morgan fingerprint density at radius 3 is 1.29 bits per heavy atom. The van der Waals surface area contributed by atoms with Gasteiger partial charge in [-0.1, -0.05) is 156 Å². The average molecular weight is 513 g/mol. The van der Waals surface area contributed by atoms with Gasteiger partial charge >= 0.3 is 0 Å². The molecular weight excluding hydrogens is 447 g/mol. The van der Waals surface area contributed by atoms with Gasteiger partial charge in [0.15, 0.2) is 0 Å². The lowest BCUT2D eigenvalue weighted by atomic mass is 9.94. The molecule has 0 heterocycles. The monoisotopic (exact) mass is 512 g/mol. The van der Waals surface area contributed by atoms with E-state index in [-0.39, 0.29) is 6.10 Å². The molecule has 0 aliphatic heterocycles. The van der Waals surface area contributed by atoms with E-state index in [1.165, 1.54) is 135 Å². The second kappa shape index (κ2) is 25.6. The van der Waals surface area contributed by atoms with Gasteiger partial charge < -0.3 is 4.52 Å². The first-order valence-corrected chi connectivity index (χ1v) is 18.1. The first kappa shape index (κ1) is 34.9. The molecule has 0 aromatic rings. The Hall–Kier alpha value is -0.0700. The molecule has 0 bridgehead atoms. The molecule has 0 amide bonds. The van der Waals surface area contributed by atoms with E-state index >= 15 is 0 Å². The third-order valence-corrected chi connectivity index (χ3v) is 8.78. The number of rotatable bonds is 27. The highest BCUT2D eigenvalue weighted by atomic mass is 31.2. The Kier molecular flexibility index (Phi) is 25.5. The van der Waals surface area contributed by atoms with E-state index in [9.17, 15) is 4.57 Å². The fourth-order valence-corrected chi connectivity index (χ4v) is 6.42. The highest BCUT2D eigenvalue weighted by molar-refractivity contribution is 7.61. The van der Waals surface area contributed by atoms with Crippen LogP contribution in [0.2, 0.25) is 0 Å². The van der Waals surface area contributed by atoms with Crippen molar-refractivity contribution in [3.8, 4) is 0 Å². The minimum Gasteiger partial charge on any atom is -0.323 e. The fraction of sp³-hybridized carbons (Fsp3) is 0.938. The summed E-state index contributed by atoms with van der Waals surface area (Å²) < 4.78 is 19.9. The zero-order valence-electron chi connectivity index (χ0n) is 24.8. The molecule has 0 aromatic heterocycles. The van der Waals surface area contributed by atoms with Gasteiger partial charge in [0.2, 0.25) is 7.37 Å². The topological polar surface area (TPSA) is 26.3 Å². The summed E-state index contributed by atoms with van der Waals surface area (Å²) in [6, 6.07) is 0. The molecular formula is C32H65O2P. The maximum absolute atomic E-state index is 13.5. The van der Waals surface area contributed by atoms with Gasteiger partial charge in [-0.15, -0.1) is 0 Å². The van der Waals surface area contributed by atoms with Crippen LogP contribution in [-0.4, -0.2) is 12.8 Å². The smallest absolute Gasteiger partial charge is 0.222 e. The Morgan fingerprint density at radius 1 is 0.543 bits per heavy atom. The van der Waals surface area contributed by atoms with Crippen LogP contribution in [0.5, 0.6) is 0 Å². The highest BCUT2D eigenvalue weighted by Crippen LogP contribution is 2.47. The van der Waals surface area contributed by atoms with Gasteiger partial charge in [0.1, 0.15) is 0 Å². The quantitative estimate of drug-likeness (QED) is 0.0808. The molecule has 2 atom stereocenters. The second-order valence-corrected chi connectivity index (χ2v) is 13.5. The third-order valence-electron chi connectivity index (χ3n) is 7.35. The molecule has 0 saturated carbocycles. The van der Waals surface area contributed by atoms with Crippen molar-refractivity contribution in [2.24, 2.45) is 5.92 Å². The van der Waals surface area contributed by atoms with Gasteiger partial charge in [-0.3, -0.25) is 4.57 Å². The molecule has 2 nitrogen and oxygen atoms in total. The van der Waals surface area contributed by atoms with Gasteiger partial charge in [0.25, 0.3) is 0 Å². The Balaban J connectivity index is 4.85. The van der Waals surface area contributed by atoms with Crippen LogP contribution < -0.4 is 0 Å². The molecule has 0 radical (unpaired) electrons. The van der Waals surface area contributed by atoms with Gasteiger partial charge in [0, 0.05) is 6.66 Å². The Morgan fingerprint density at radius 2 is 0.886 bits per heavy atom. The van der Waals surface area contributed by atoms with E-state index in [2.05, 4.69) is 33.8 Å². The summed E-state index contributed by atoms with van der Waals surface area (Å²) >= 11 is 0. The summed E-state index contributed by atoms with van der Waals surface area (Å²) in [7, 11) is -2.70. The summed E-state index contributed by atoms with van der Waals surface area (Å²) in [5.41, 5.74) is 0. The third kappa shape index (κ3) is 24.0. The first-order valence-electron chi connectivity index (χ1n) is 15.9. The summed E-state index contributed by atoms with van der Waals surface area (Å²) in [5.74, 6) is 2.55. The van der Waals surface area contributed by atoms with Crippen LogP contribution in [0.4, 0.5) is 0 Å². The predicted molar refractivity (Wildman–Crippen MR) is 160 cm³/mol.